The molecule has 176 valence electrons. The van der Waals surface area contributed by atoms with E-state index in [4.69, 9.17) is 5.73 Å². The van der Waals surface area contributed by atoms with Crippen molar-refractivity contribution in [3.8, 4) is 0 Å². The molecule has 0 aliphatic carbocycles. The van der Waals surface area contributed by atoms with Gasteiger partial charge in [0.2, 0.25) is 0 Å². The van der Waals surface area contributed by atoms with Crippen molar-refractivity contribution in [2.45, 2.75) is 58.5 Å². The summed E-state index contributed by atoms with van der Waals surface area (Å²) in [7, 11) is 0. The van der Waals surface area contributed by atoms with E-state index in [1.165, 1.54) is 31.7 Å². The summed E-state index contributed by atoms with van der Waals surface area (Å²) < 4.78 is 27.6. The molecule has 2 aliphatic heterocycles. The number of nitrogens with two attached hydrogens (primary N) is 1. The van der Waals surface area contributed by atoms with Crippen LogP contribution in [0.2, 0.25) is 0 Å². The van der Waals surface area contributed by atoms with Crippen LogP contribution < -0.4 is 20.9 Å². The van der Waals surface area contributed by atoms with Crippen molar-refractivity contribution in [1.29, 1.82) is 0 Å². The maximum absolute atomic E-state index is 14.0. The van der Waals surface area contributed by atoms with Gasteiger partial charge in [0.15, 0.2) is 0 Å². The lowest BCUT2D eigenvalue weighted by Gasteiger charge is -2.18. The molecular formula is C26H38F2N4. The third-order valence-corrected chi connectivity index (χ3v) is 6.19. The predicted octanol–water partition coefficient (Wildman–Crippen LogP) is 5.20. The Bertz CT molecular complexity index is 831. The maximum atomic E-state index is 14.0. The lowest BCUT2D eigenvalue weighted by molar-refractivity contribution is 0.611. The van der Waals surface area contributed by atoms with Crippen LogP contribution in [0, 0.1) is 11.6 Å². The summed E-state index contributed by atoms with van der Waals surface area (Å²) in [5, 5.41) is 3.34. The second-order valence-electron chi connectivity index (χ2n) is 8.69. The number of nitrogens with zero attached hydrogens (tertiary/aromatic N) is 2. The Kier molecular flexibility index (Phi) is 9.75. The lowest BCUT2D eigenvalue weighted by atomic mass is 10.2. The van der Waals surface area contributed by atoms with Crippen LogP contribution in [-0.2, 0) is 13.1 Å². The molecular weight excluding hydrogens is 406 g/mol. The van der Waals surface area contributed by atoms with Crippen molar-refractivity contribution in [2.24, 2.45) is 5.73 Å². The highest BCUT2D eigenvalue weighted by Crippen LogP contribution is 2.25. The Hall–Kier alpha value is -2.18. The van der Waals surface area contributed by atoms with Gasteiger partial charge in [-0.05, 0) is 74.0 Å². The highest BCUT2D eigenvalue weighted by molar-refractivity contribution is 5.50. The van der Waals surface area contributed by atoms with E-state index >= 15 is 0 Å². The van der Waals surface area contributed by atoms with E-state index in [0.29, 0.717) is 6.54 Å². The molecule has 0 aromatic heterocycles. The zero-order valence-corrected chi connectivity index (χ0v) is 19.4. The van der Waals surface area contributed by atoms with Crippen LogP contribution >= 0.6 is 0 Å². The fourth-order valence-corrected chi connectivity index (χ4v) is 4.30. The second-order valence-corrected chi connectivity index (χ2v) is 8.69. The third kappa shape index (κ3) is 6.91. The monoisotopic (exact) mass is 444 g/mol. The quantitative estimate of drug-likeness (QED) is 0.549. The molecule has 2 aromatic carbocycles. The van der Waals surface area contributed by atoms with Gasteiger partial charge in [-0.25, -0.2) is 8.78 Å². The van der Waals surface area contributed by atoms with Crippen LogP contribution in [-0.4, -0.2) is 32.7 Å². The number of nitrogens with one attached hydrogen (secondary N) is 1. The Labute approximate surface area is 191 Å². The minimum atomic E-state index is -0.144. The molecule has 4 rings (SSSR count). The molecule has 0 spiro atoms. The molecule has 32 heavy (non-hydrogen) atoms. The van der Waals surface area contributed by atoms with Crippen LogP contribution in [0.1, 0.15) is 56.6 Å². The smallest absolute Gasteiger partial charge is 0.146 e. The summed E-state index contributed by atoms with van der Waals surface area (Å²) >= 11 is 0. The number of hydrogen-bond donors (Lipinski definition) is 2. The first-order chi connectivity index (χ1) is 15.6. The van der Waals surface area contributed by atoms with Gasteiger partial charge in [0.1, 0.15) is 11.6 Å². The molecule has 0 saturated carbocycles. The number of hydrogen-bond acceptors (Lipinski definition) is 4. The molecule has 6 heteroatoms. The van der Waals surface area contributed by atoms with Gasteiger partial charge < -0.3 is 20.9 Å². The Balaban J connectivity index is 0.000000186. The molecule has 0 unspecified atom stereocenters. The maximum Gasteiger partial charge on any atom is 0.146 e. The first kappa shape index (κ1) is 24.5. The molecule has 2 aliphatic rings. The Morgan fingerprint density at radius 3 is 1.78 bits per heavy atom. The number of benzene rings is 2. The van der Waals surface area contributed by atoms with Gasteiger partial charge in [-0.15, -0.1) is 0 Å². The molecule has 2 aromatic rings. The molecule has 2 heterocycles. The van der Waals surface area contributed by atoms with E-state index in [9.17, 15) is 8.78 Å². The summed E-state index contributed by atoms with van der Waals surface area (Å²) in [6, 6.07) is 10.9. The standard InChI is InChI=1S/C15H23FN2.C11H15FN2/c1-2-3-8-17-12-13-6-7-15(14(16)11-13)18-9-4-5-10-18;12-10-7-9(8-13)3-4-11(10)14-5-1-2-6-14/h6-7,11,17H,2-5,8-10,12H2,1H3;3-4,7H,1-2,5-6,8,13H2. The van der Waals surface area contributed by atoms with E-state index < -0.39 is 0 Å². The number of halogens is 2. The highest BCUT2D eigenvalue weighted by Gasteiger charge is 2.16. The first-order valence-electron chi connectivity index (χ1n) is 12.1. The molecule has 0 atom stereocenters. The van der Waals surface area contributed by atoms with Gasteiger partial charge >= 0.3 is 0 Å². The van der Waals surface area contributed by atoms with Gasteiger partial charge in [-0.3, -0.25) is 0 Å². The zero-order valence-electron chi connectivity index (χ0n) is 19.4. The van der Waals surface area contributed by atoms with Gasteiger partial charge in [-0.1, -0.05) is 25.5 Å². The summed E-state index contributed by atoms with van der Waals surface area (Å²) in [5.74, 6) is -0.221. The van der Waals surface area contributed by atoms with E-state index in [0.717, 1.165) is 74.6 Å². The summed E-state index contributed by atoms with van der Waals surface area (Å²) in [6.07, 6.45) is 7.05. The minimum absolute atomic E-state index is 0.0771. The third-order valence-electron chi connectivity index (χ3n) is 6.19. The van der Waals surface area contributed by atoms with Crippen LogP contribution in [0.5, 0.6) is 0 Å². The van der Waals surface area contributed by atoms with Crippen molar-refractivity contribution >= 4 is 11.4 Å². The topological polar surface area (TPSA) is 44.5 Å². The van der Waals surface area contributed by atoms with Crippen LogP contribution in [0.15, 0.2) is 36.4 Å². The first-order valence-corrected chi connectivity index (χ1v) is 12.1. The van der Waals surface area contributed by atoms with E-state index in [-0.39, 0.29) is 11.6 Å². The van der Waals surface area contributed by atoms with Gasteiger partial charge in [0.05, 0.1) is 11.4 Å². The van der Waals surface area contributed by atoms with Crippen LogP contribution in [0.4, 0.5) is 20.2 Å². The molecule has 4 nitrogen and oxygen atoms in total. The SMILES string of the molecule is CCCCNCc1ccc(N2CCCC2)c(F)c1.NCc1ccc(N2CCCC2)c(F)c1. The normalized spacial score (nSPS) is 15.8. The Morgan fingerprint density at radius 1 is 0.812 bits per heavy atom. The van der Waals surface area contributed by atoms with Crippen molar-refractivity contribution < 1.29 is 8.78 Å². The van der Waals surface area contributed by atoms with Crippen molar-refractivity contribution in [2.75, 3.05) is 42.5 Å². The largest absolute Gasteiger partial charge is 0.369 e. The molecule has 0 bridgehead atoms. The van der Waals surface area contributed by atoms with E-state index in [1.54, 1.807) is 6.07 Å². The van der Waals surface area contributed by atoms with Crippen LogP contribution in [0.25, 0.3) is 0 Å². The lowest BCUT2D eigenvalue weighted by Crippen LogP contribution is -2.19. The average molecular weight is 445 g/mol. The van der Waals surface area contributed by atoms with E-state index in [2.05, 4.69) is 22.0 Å². The minimum Gasteiger partial charge on any atom is -0.369 e. The fourth-order valence-electron chi connectivity index (χ4n) is 4.30. The second kappa shape index (κ2) is 12.8. The van der Waals surface area contributed by atoms with Crippen molar-refractivity contribution in [3.05, 3.63) is 59.2 Å². The summed E-state index contributed by atoms with van der Waals surface area (Å²) in [5.41, 5.74) is 8.82. The summed E-state index contributed by atoms with van der Waals surface area (Å²) in [6.45, 7) is 8.26. The zero-order chi connectivity index (χ0) is 22.8. The van der Waals surface area contributed by atoms with Crippen molar-refractivity contribution in [3.63, 3.8) is 0 Å². The molecule has 0 amide bonds. The van der Waals surface area contributed by atoms with Crippen LogP contribution in [0.3, 0.4) is 0 Å². The number of unbranched alkanes of at least 4 members (excludes halogenated alkanes) is 1. The summed E-state index contributed by atoms with van der Waals surface area (Å²) in [4.78, 5) is 4.24. The van der Waals surface area contributed by atoms with Gasteiger partial charge in [0, 0.05) is 39.3 Å². The fraction of sp³-hybridized carbons (Fsp3) is 0.538. The Morgan fingerprint density at radius 2 is 1.31 bits per heavy atom. The van der Waals surface area contributed by atoms with Crippen molar-refractivity contribution in [1.82, 2.24) is 5.32 Å². The molecule has 2 saturated heterocycles. The molecule has 0 radical (unpaired) electrons. The van der Waals surface area contributed by atoms with Gasteiger partial charge in [0.25, 0.3) is 0 Å². The highest BCUT2D eigenvalue weighted by atomic mass is 19.1. The number of rotatable bonds is 8. The average Bonchev–Trinajstić information content (AvgIpc) is 3.52. The molecule has 3 N–H and O–H groups in total. The number of anilines is 2. The van der Waals surface area contributed by atoms with Gasteiger partial charge in [-0.2, -0.15) is 0 Å². The predicted molar refractivity (Wildman–Crippen MR) is 130 cm³/mol. The molecule has 2 fully saturated rings. The van der Waals surface area contributed by atoms with E-state index in [1.807, 2.05) is 24.3 Å².